The van der Waals surface area contributed by atoms with Crippen LogP contribution in [0.4, 0.5) is 14.5 Å². The quantitative estimate of drug-likeness (QED) is 0.594. The summed E-state index contributed by atoms with van der Waals surface area (Å²) in [6, 6.07) is 12.2. The summed E-state index contributed by atoms with van der Waals surface area (Å²) in [7, 11) is 0. The highest BCUT2D eigenvalue weighted by molar-refractivity contribution is 8.00. The maximum absolute atomic E-state index is 13.9. The van der Waals surface area contributed by atoms with Gasteiger partial charge in [-0.2, -0.15) is 5.26 Å². The molecule has 2 aromatic carbocycles. The summed E-state index contributed by atoms with van der Waals surface area (Å²) in [5.41, 5.74) is 1.51. The van der Waals surface area contributed by atoms with Crippen LogP contribution < -0.4 is 4.72 Å². The smallest absolute Gasteiger partial charge is 0.148 e. The standard InChI is InChI=1S/C17H10ClF2N3S/c18-11-2-3-13(14(19)6-11)17-7-12(9-22-17)24-23-16-4-1-10(8-21)5-15(16)20/h1-7,9,22-23H. The average Bonchev–Trinajstić information content (AvgIpc) is 3.02. The Kier molecular flexibility index (Phi) is 4.74. The van der Waals surface area contributed by atoms with Gasteiger partial charge in [0.2, 0.25) is 0 Å². The summed E-state index contributed by atoms with van der Waals surface area (Å²) in [5, 5.41) is 9.06. The highest BCUT2D eigenvalue weighted by Crippen LogP contribution is 2.29. The third kappa shape index (κ3) is 3.53. The van der Waals surface area contributed by atoms with Crippen LogP contribution in [0.25, 0.3) is 11.3 Å². The predicted octanol–water partition coefficient (Wildman–Crippen LogP) is 5.60. The molecule has 0 bridgehead atoms. The summed E-state index contributed by atoms with van der Waals surface area (Å²) in [6.45, 7) is 0. The van der Waals surface area contributed by atoms with Crippen molar-refractivity contribution < 1.29 is 8.78 Å². The lowest BCUT2D eigenvalue weighted by molar-refractivity contribution is 0.631. The number of H-pyrrole nitrogens is 1. The van der Waals surface area contributed by atoms with Crippen molar-refractivity contribution in [1.29, 1.82) is 5.26 Å². The number of halogens is 3. The van der Waals surface area contributed by atoms with Crippen molar-refractivity contribution in [3.63, 3.8) is 0 Å². The fourth-order valence-electron chi connectivity index (χ4n) is 2.08. The lowest BCUT2D eigenvalue weighted by Gasteiger charge is -2.05. The minimum absolute atomic E-state index is 0.255. The Morgan fingerprint density at radius 3 is 2.62 bits per heavy atom. The Bertz CT molecular complexity index is 934. The largest absolute Gasteiger partial charge is 0.360 e. The monoisotopic (exact) mass is 361 g/mol. The molecule has 0 fully saturated rings. The Balaban J connectivity index is 1.74. The van der Waals surface area contributed by atoms with Gasteiger partial charge < -0.3 is 9.71 Å². The molecule has 0 saturated heterocycles. The molecular formula is C17H10ClF2N3S. The zero-order valence-corrected chi connectivity index (χ0v) is 13.7. The van der Waals surface area contributed by atoms with E-state index in [0.717, 1.165) is 11.0 Å². The van der Waals surface area contributed by atoms with Crippen LogP contribution in [0, 0.1) is 23.0 Å². The number of benzene rings is 2. The fourth-order valence-corrected chi connectivity index (χ4v) is 2.92. The van der Waals surface area contributed by atoms with Gasteiger partial charge in [-0.05, 0) is 54.4 Å². The molecule has 120 valence electrons. The van der Waals surface area contributed by atoms with Crippen LogP contribution >= 0.6 is 23.5 Å². The molecule has 0 spiro atoms. The number of hydrogen-bond acceptors (Lipinski definition) is 3. The molecule has 0 aliphatic carbocycles. The van der Waals surface area contributed by atoms with E-state index < -0.39 is 11.6 Å². The molecule has 0 radical (unpaired) electrons. The summed E-state index contributed by atoms with van der Waals surface area (Å²) in [4.78, 5) is 3.72. The molecule has 2 N–H and O–H groups in total. The second-order valence-corrected chi connectivity index (χ2v) is 6.20. The summed E-state index contributed by atoms with van der Waals surface area (Å²) < 4.78 is 30.6. The molecule has 0 unspecified atom stereocenters. The van der Waals surface area contributed by atoms with Crippen molar-refractivity contribution in [1.82, 2.24) is 4.98 Å². The SMILES string of the molecule is N#Cc1ccc(NSc2c[nH]c(-c3ccc(Cl)cc3F)c2)c(F)c1. The maximum Gasteiger partial charge on any atom is 0.148 e. The van der Waals surface area contributed by atoms with Crippen molar-refractivity contribution in [2.75, 3.05) is 4.72 Å². The molecule has 0 aliphatic rings. The van der Waals surface area contributed by atoms with E-state index >= 15 is 0 Å². The van der Waals surface area contributed by atoms with Gasteiger partial charge in [-0.3, -0.25) is 0 Å². The van der Waals surface area contributed by atoms with Crippen LogP contribution in [-0.4, -0.2) is 4.98 Å². The third-order valence-electron chi connectivity index (χ3n) is 3.25. The lowest BCUT2D eigenvalue weighted by atomic mass is 10.1. The number of nitrogens with one attached hydrogen (secondary N) is 2. The molecule has 0 aliphatic heterocycles. The normalized spacial score (nSPS) is 10.4. The molecule has 3 aromatic rings. The van der Waals surface area contributed by atoms with Gasteiger partial charge >= 0.3 is 0 Å². The second-order valence-electron chi connectivity index (χ2n) is 4.88. The van der Waals surface area contributed by atoms with Crippen LogP contribution in [0.3, 0.4) is 0 Å². The number of nitrogens with zero attached hydrogens (tertiary/aromatic N) is 1. The van der Waals surface area contributed by atoms with Crippen LogP contribution in [0.2, 0.25) is 5.02 Å². The molecule has 24 heavy (non-hydrogen) atoms. The lowest BCUT2D eigenvalue weighted by Crippen LogP contribution is -1.91. The minimum Gasteiger partial charge on any atom is -0.360 e. The first-order valence-corrected chi connectivity index (χ1v) is 8.02. The van der Waals surface area contributed by atoms with Crippen LogP contribution in [-0.2, 0) is 0 Å². The summed E-state index contributed by atoms with van der Waals surface area (Å²) in [6.07, 6.45) is 1.68. The van der Waals surface area contributed by atoms with E-state index in [1.165, 1.54) is 30.1 Å². The molecule has 0 amide bonds. The van der Waals surface area contributed by atoms with Gasteiger partial charge in [0, 0.05) is 27.4 Å². The Morgan fingerprint density at radius 1 is 1.08 bits per heavy atom. The van der Waals surface area contributed by atoms with Gasteiger partial charge in [-0.1, -0.05) is 11.6 Å². The molecular weight excluding hydrogens is 352 g/mol. The van der Waals surface area contributed by atoms with Crippen molar-refractivity contribution in [3.8, 4) is 17.3 Å². The van der Waals surface area contributed by atoms with Crippen molar-refractivity contribution in [3.05, 3.63) is 70.9 Å². The third-order valence-corrected chi connectivity index (χ3v) is 4.28. The first-order chi connectivity index (χ1) is 11.6. The van der Waals surface area contributed by atoms with Gasteiger partial charge in [0.25, 0.3) is 0 Å². The molecule has 0 atom stereocenters. The van der Waals surface area contributed by atoms with E-state index in [2.05, 4.69) is 9.71 Å². The van der Waals surface area contributed by atoms with Gasteiger partial charge in [0.05, 0.1) is 17.3 Å². The van der Waals surface area contributed by atoms with E-state index in [9.17, 15) is 8.78 Å². The van der Waals surface area contributed by atoms with Crippen molar-refractivity contribution in [2.45, 2.75) is 4.90 Å². The van der Waals surface area contributed by atoms with E-state index in [1.54, 1.807) is 24.4 Å². The molecule has 1 heterocycles. The van der Waals surface area contributed by atoms with Gasteiger partial charge in [0.1, 0.15) is 11.6 Å². The van der Waals surface area contributed by atoms with Crippen LogP contribution in [0.5, 0.6) is 0 Å². The number of hydrogen-bond donors (Lipinski definition) is 2. The second kappa shape index (κ2) is 6.95. The number of nitriles is 1. The van der Waals surface area contributed by atoms with E-state index in [0.29, 0.717) is 16.3 Å². The molecule has 1 aromatic heterocycles. The van der Waals surface area contributed by atoms with Crippen molar-refractivity contribution in [2.24, 2.45) is 0 Å². The maximum atomic E-state index is 13.9. The number of aromatic nitrogens is 1. The fraction of sp³-hybridized carbons (Fsp3) is 0. The predicted molar refractivity (Wildman–Crippen MR) is 91.8 cm³/mol. The number of rotatable bonds is 4. The van der Waals surface area contributed by atoms with E-state index in [1.807, 2.05) is 6.07 Å². The Morgan fingerprint density at radius 2 is 1.92 bits per heavy atom. The number of anilines is 1. The van der Waals surface area contributed by atoms with E-state index in [-0.39, 0.29) is 11.3 Å². The zero-order chi connectivity index (χ0) is 17.1. The minimum atomic E-state index is -0.513. The highest BCUT2D eigenvalue weighted by atomic mass is 35.5. The average molecular weight is 362 g/mol. The molecule has 3 rings (SSSR count). The molecule has 0 saturated carbocycles. The molecule has 3 nitrogen and oxygen atoms in total. The Hall–Kier alpha value is -2.49. The topological polar surface area (TPSA) is 51.6 Å². The van der Waals surface area contributed by atoms with Gasteiger partial charge in [0.15, 0.2) is 0 Å². The number of aromatic amines is 1. The summed E-state index contributed by atoms with van der Waals surface area (Å²) >= 11 is 6.92. The molecule has 7 heteroatoms. The Labute approximate surface area is 146 Å². The first-order valence-electron chi connectivity index (χ1n) is 6.83. The highest BCUT2D eigenvalue weighted by Gasteiger charge is 2.09. The first kappa shape index (κ1) is 16.4. The van der Waals surface area contributed by atoms with Crippen molar-refractivity contribution >= 4 is 29.2 Å². The van der Waals surface area contributed by atoms with Crippen LogP contribution in [0.1, 0.15) is 5.56 Å². The van der Waals surface area contributed by atoms with Gasteiger partial charge in [-0.15, -0.1) is 0 Å². The zero-order valence-electron chi connectivity index (χ0n) is 12.1. The van der Waals surface area contributed by atoms with E-state index in [4.69, 9.17) is 16.9 Å². The van der Waals surface area contributed by atoms with Gasteiger partial charge in [-0.25, -0.2) is 8.78 Å². The summed E-state index contributed by atoms with van der Waals surface area (Å²) in [5.74, 6) is -0.937. The van der Waals surface area contributed by atoms with Crippen LogP contribution in [0.15, 0.2) is 53.6 Å².